The number of nitrogens with one attached hydrogen (secondary N) is 1. The highest BCUT2D eigenvalue weighted by Gasteiger charge is 2.12. The molecule has 0 saturated carbocycles. The topological polar surface area (TPSA) is 50.2 Å². The quantitative estimate of drug-likeness (QED) is 0.728. The second-order valence-corrected chi connectivity index (χ2v) is 4.62. The first-order valence-corrected chi connectivity index (χ1v) is 7.16. The monoisotopic (exact) mass is 266 g/mol. The Balaban J connectivity index is 2.36. The van der Waals surface area contributed by atoms with Crippen molar-refractivity contribution in [3.05, 3.63) is 17.5 Å². The van der Waals surface area contributed by atoms with Gasteiger partial charge >= 0.3 is 0 Å². The second kappa shape index (κ2) is 7.94. The van der Waals surface area contributed by atoms with E-state index in [4.69, 9.17) is 0 Å². The Labute approximate surface area is 116 Å². The lowest BCUT2D eigenvalue weighted by molar-refractivity contribution is 0.0951. The van der Waals surface area contributed by atoms with Gasteiger partial charge in [-0.3, -0.25) is 9.48 Å². The van der Waals surface area contributed by atoms with Crippen molar-refractivity contribution in [1.82, 2.24) is 20.0 Å². The third kappa shape index (κ3) is 4.67. The molecule has 1 heterocycles. The lowest BCUT2D eigenvalue weighted by Gasteiger charge is -2.17. The van der Waals surface area contributed by atoms with Crippen LogP contribution in [0.15, 0.2) is 6.20 Å². The molecule has 1 aromatic heterocycles. The van der Waals surface area contributed by atoms with E-state index in [1.165, 1.54) is 0 Å². The van der Waals surface area contributed by atoms with Gasteiger partial charge in [0.1, 0.15) is 0 Å². The Morgan fingerprint density at radius 1 is 1.37 bits per heavy atom. The van der Waals surface area contributed by atoms with Crippen molar-refractivity contribution in [1.29, 1.82) is 0 Å². The van der Waals surface area contributed by atoms with Gasteiger partial charge in [-0.2, -0.15) is 5.10 Å². The predicted molar refractivity (Wildman–Crippen MR) is 77.4 cm³/mol. The van der Waals surface area contributed by atoms with E-state index in [-0.39, 0.29) is 5.91 Å². The van der Waals surface area contributed by atoms with E-state index in [1.54, 1.807) is 4.68 Å². The predicted octanol–water partition coefficient (Wildman–Crippen LogP) is 1.67. The van der Waals surface area contributed by atoms with Gasteiger partial charge in [0, 0.05) is 19.3 Å². The van der Waals surface area contributed by atoms with Crippen molar-refractivity contribution < 1.29 is 4.79 Å². The fraction of sp³-hybridized carbons (Fsp3) is 0.714. The van der Waals surface area contributed by atoms with Crippen LogP contribution in [-0.4, -0.2) is 46.8 Å². The summed E-state index contributed by atoms with van der Waals surface area (Å²) >= 11 is 0. The van der Waals surface area contributed by atoms with Crippen LogP contribution in [0.2, 0.25) is 0 Å². The summed E-state index contributed by atoms with van der Waals surface area (Å²) < 4.78 is 1.79. The summed E-state index contributed by atoms with van der Waals surface area (Å²) in [5.41, 5.74) is 1.48. The van der Waals surface area contributed by atoms with Crippen molar-refractivity contribution in [3.63, 3.8) is 0 Å². The number of hydrogen-bond donors (Lipinski definition) is 1. The number of carbonyl (C=O) groups excluding carboxylic acids is 1. The third-order valence-corrected chi connectivity index (χ3v) is 3.35. The molecule has 0 atom stereocenters. The minimum Gasteiger partial charge on any atom is -0.352 e. The van der Waals surface area contributed by atoms with E-state index in [1.807, 2.05) is 20.0 Å². The van der Waals surface area contributed by atoms with Crippen LogP contribution in [0.3, 0.4) is 0 Å². The highest BCUT2D eigenvalue weighted by atomic mass is 16.1. The largest absolute Gasteiger partial charge is 0.352 e. The van der Waals surface area contributed by atoms with E-state index in [0.717, 1.165) is 38.3 Å². The zero-order valence-electron chi connectivity index (χ0n) is 12.6. The molecular weight excluding hydrogens is 240 g/mol. The lowest BCUT2D eigenvalue weighted by atomic mass is 10.2. The van der Waals surface area contributed by atoms with Crippen molar-refractivity contribution in [2.75, 3.05) is 26.2 Å². The first kappa shape index (κ1) is 15.7. The third-order valence-electron chi connectivity index (χ3n) is 3.35. The van der Waals surface area contributed by atoms with Crippen LogP contribution in [0.4, 0.5) is 0 Å². The van der Waals surface area contributed by atoms with E-state index < -0.39 is 0 Å². The molecule has 1 aromatic rings. The highest BCUT2D eigenvalue weighted by Crippen LogP contribution is 2.05. The Kier molecular flexibility index (Phi) is 6.56. The summed E-state index contributed by atoms with van der Waals surface area (Å²) in [4.78, 5) is 14.4. The molecular formula is C14H26N4O. The standard InChI is InChI=1S/C14H26N4O/c1-5-17(6-2)10-8-9-15-14(19)13-11-18(7-3)16-12(13)4/h11H,5-10H2,1-4H3,(H,15,19). The van der Waals surface area contributed by atoms with Crippen molar-refractivity contribution >= 4 is 5.91 Å². The first-order valence-electron chi connectivity index (χ1n) is 7.16. The smallest absolute Gasteiger partial charge is 0.254 e. The van der Waals surface area contributed by atoms with Crippen LogP contribution in [-0.2, 0) is 6.54 Å². The maximum atomic E-state index is 12.0. The summed E-state index contributed by atoms with van der Waals surface area (Å²) in [6.07, 6.45) is 2.80. The van der Waals surface area contributed by atoms with Crippen LogP contribution in [0.1, 0.15) is 43.2 Å². The molecule has 0 spiro atoms. The van der Waals surface area contributed by atoms with Gasteiger partial charge in [0.25, 0.3) is 5.91 Å². The zero-order valence-corrected chi connectivity index (χ0v) is 12.6. The van der Waals surface area contributed by atoms with Crippen LogP contribution >= 0.6 is 0 Å². The summed E-state index contributed by atoms with van der Waals surface area (Å²) in [7, 11) is 0. The van der Waals surface area contributed by atoms with Gasteiger partial charge in [-0.05, 0) is 39.9 Å². The number of aryl methyl sites for hydroxylation is 2. The first-order chi connectivity index (χ1) is 9.12. The molecule has 0 unspecified atom stereocenters. The number of amides is 1. The zero-order chi connectivity index (χ0) is 14.3. The average Bonchev–Trinajstić information content (AvgIpc) is 2.80. The van der Waals surface area contributed by atoms with E-state index in [0.29, 0.717) is 12.1 Å². The van der Waals surface area contributed by atoms with Gasteiger partial charge in [-0.15, -0.1) is 0 Å². The molecule has 108 valence electrons. The lowest BCUT2D eigenvalue weighted by Crippen LogP contribution is -2.30. The van der Waals surface area contributed by atoms with Crippen LogP contribution in [0.5, 0.6) is 0 Å². The fourth-order valence-electron chi connectivity index (χ4n) is 2.04. The number of hydrogen-bond acceptors (Lipinski definition) is 3. The maximum Gasteiger partial charge on any atom is 0.254 e. The molecule has 5 heteroatoms. The summed E-state index contributed by atoms with van der Waals surface area (Å²) in [5, 5.41) is 7.24. The van der Waals surface area contributed by atoms with Crippen LogP contribution < -0.4 is 5.32 Å². The SMILES string of the molecule is CCN(CC)CCCNC(=O)c1cn(CC)nc1C. The molecule has 0 aliphatic carbocycles. The van der Waals surface area contributed by atoms with E-state index in [9.17, 15) is 4.79 Å². The fourth-order valence-corrected chi connectivity index (χ4v) is 2.04. The van der Waals surface area contributed by atoms with Gasteiger partial charge in [0.2, 0.25) is 0 Å². The molecule has 0 saturated heterocycles. The maximum absolute atomic E-state index is 12.0. The van der Waals surface area contributed by atoms with Crippen molar-refractivity contribution in [3.8, 4) is 0 Å². The van der Waals surface area contributed by atoms with Crippen LogP contribution in [0, 0.1) is 6.92 Å². The summed E-state index contributed by atoms with van der Waals surface area (Å²) in [6.45, 7) is 12.9. The van der Waals surface area contributed by atoms with Gasteiger partial charge in [0.15, 0.2) is 0 Å². The molecule has 0 aromatic carbocycles. The molecule has 0 bridgehead atoms. The molecule has 1 amide bonds. The number of nitrogens with zero attached hydrogens (tertiary/aromatic N) is 3. The minimum atomic E-state index is -0.0169. The Bertz CT molecular complexity index is 396. The highest BCUT2D eigenvalue weighted by molar-refractivity contribution is 5.94. The van der Waals surface area contributed by atoms with Gasteiger partial charge in [-0.1, -0.05) is 13.8 Å². The van der Waals surface area contributed by atoms with Gasteiger partial charge in [-0.25, -0.2) is 0 Å². The van der Waals surface area contributed by atoms with Crippen molar-refractivity contribution in [2.45, 2.75) is 40.7 Å². The Hall–Kier alpha value is -1.36. The Morgan fingerprint density at radius 3 is 2.58 bits per heavy atom. The molecule has 1 rings (SSSR count). The molecule has 5 nitrogen and oxygen atoms in total. The molecule has 0 aliphatic heterocycles. The van der Waals surface area contributed by atoms with Gasteiger partial charge in [0.05, 0.1) is 11.3 Å². The number of carbonyl (C=O) groups is 1. The summed E-state index contributed by atoms with van der Waals surface area (Å²) in [5.74, 6) is -0.0169. The number of aromatic nitrogens is 2. The molecule has 1 N–H and O–H groups in total. The van der Waals surface area contributed by atoms with E-state index in [2.05, 4.69) is 29.2 Å². The number of rotatable bonds is 8. The average molecular weight is 266 g/mol. The van der Waals surface area contributed by atoms with Gasteiger partial charge < -0.3 is 10.2 Å². The normalized spacial score (nSPS) is 11.0. The van der Waals surface area contributed by atoms with E-state index >= 15 is 0 Å². The minimum absolute atomic E-state index is 0.0169. The molecule has 0 fully saturated rings. The van der Waals surface area contributed by atoms with Crippen LogP contribution in [0.25, 0.3) is 0 Å². The summed E-state index contributed by atoms with van der Waals surface area (Å²) in [6, 6.07) is 0. The van der Waals surface area contributed by atoms with Crippen molar-refractivity contribution in [2.24, 2.45) is 0 Å². The molecule has 19 heavy (non-hydrogen) atoms. The Morgan fingerprint density at radius 2 is 2.05 bits per heavy atom. The molecule has 0 aliphatic rings. The second-order valence-electron chi connectivity index (χ2n) is 4.62. The molecule has 0 radical (unpaired) electrons.